The number of hydrogen-bond donors (Lipinski definition) is 0. The van der Waals surface area contributed by atoms with E-state index in [0.717, 1.165) is 8.61 Å². The highest BCUT2D eigenvalue weighted by Gasteiger charge is 2.20. The van der Waals surface area contributed by atoms with E-state index in [-0.39, 0.29) is 9.79 Å². The third-order valence-electron chi connectivity index (χ3n) is 2.38. The van der Waals surface area contributed by atoms with E-state index in [4.69, 9.17) is 0 Å². The maximum atomic E-state index is 11.8. The van der Waals surface area contributed by atoms with E-state index >= 15 is 0 Å². The van der Waals surface area contributed by atoms with Crippen LogP contribution < -0.4 is 0 Å². The summed E-state index contributed by atoms with van der Waals surface area (Å²) in [5, 5.41) is 0. The van der Waals surface area contributed by atoms with Crippen LogP contribution in [0.3, 0.4) is 0 Å². The minimum absolute atomic E-state index is 0.0604. The van der Waals surface area contributed by atoms with Gasteiger partial charge < -0.3 is 0 Å². The van der Waals surface area contributed by atoms with Gasteiger partial charge in [0.05, 0.1) is 9.79 Å². The highest BCUT2D eigenvalue weighted by molar-refractivity contribution is 7.89. The highest BCUT2D eigenvalue weighted by atomic mass is 32.2. The van der Waals surface area contributed by atoms with E-state index in [1.807, 2.05) is 0 Å². The molecule has 0 spiro atoms. The number of rotatable bonds is 4. The molecule has 0 saturated carbocycles. The molecule has 0 N–H and O–H groups in total. The molecule has 0 fully saturated rings. The van der Waals surface area contributed by atoms with Crippen molar-refractivity contribution in [2.24, 2.45) is 0 Å². The molecular formula is C10H16N2O4S2. The van der Waals surface area contributed by atoms with Crippen LogP contribution in [0.1, 0.15) is 0 Å². The zero-order valence-corrected chi connectivity index (χ0v) is 12.3. The van der Waals surface area contributed by atoms with E-state index in [2.05, 4.69) is 0 Å². The van der Waals surface area contributed by atoms with E-state index in [0.29, 0.717) is 0 Å². The van der Waals surface area contributed by atoms with Crippen molar-refractivity contribution in [1.82, 2.24) is 8.61 Å². The summed E-state index contributed by atoms with van der Waals surface area (Å²) in [5.41, 5.74) is 0. The van der Waals surface area contributed by atoms with Crippen molar-refractivity contribution in [1.29, 1.82) is 0 Å². The zero-order chi connectivity index (χ0) is 14.1. The monoisotopic (exact) mass is 292 g/mol. The zero-order valence-electron chi connectivity index (χ0n) is 10.7. The van der Waals surface area contributed by atoms with Crippen molar-refractivity contribution >= 4 is 20.0 Å². The fourth-order valence-corrected chi connectivity index (χ4v) is 3.01. The van der Waals surface area contributed by atoms with Gasteiger partial charge in [-0.3, -0.25) is 0 Å². The Labute approximate surface area is 108 Å². The van der Waals surface area contributed by atoms with Crippen molar-refractivity contribution in [3.8, 4) is 0 Å². The first-order chi connectivity index (χ1) is 8.10. The third kappa shape index (κ3) is 2.72. The Bertz CT molecular complexity index is 559. The van der Waals surface area contributed by atoms with Gasteiger partial charge in [-0.25, -0.2) is 25.4 Å². The summed E-state index contributed by atoms with van der Waals surface area (Å²) in [6.45, 7) is 0. The van der Waals surface area contributed by atoms with Gasteiger partial charge in [0, 0.05) is 28.2 Å². The summed E-state index contributed by atoms with van der Waals surface area (Å²) < 4.78 is 49.3. The Morgan fingerprint density at radius 1 is 0.667 bits per heavy atom. The summed E-state index contributed by atoms with van der Waals surface area (Å²) in [5.74, 6) is 0. The minimum Gasteiger partial charge on any atom is -0.207 e. The summed E-state index contributed by atoms with van der Waals surface area (Å²) in [6.07, 6.45) is 0. The van der Waals surface area contributed by atoms with Crippen LogP contribution in [-0.2, 0) is 20.0 Å². The molecule has 102 valence electrons. The fraction of sp³-hybridized carbons (Fsp3) is 0.400. The lowest BCUT2D eigenvalue weighted by atomic mass is 10.4. The Balaban J connectivity index is 3.25. The van der Waals surface area contributed by atoms with Crippen molar-refractivity contribution in [3.05, 3.63) is 24.3 Å². The van der Waals surface area contributed by atoms with Crippen LogP contribution in [0.15, 0.2) is 34.1 Å². The SMILES string of the molecule is CN(C)S(=O)(=O)c1ccc(S(=O)(=O)N(C)C)cc1. The predicted molar refractivity (Wildman–Crippen MR) is 68.2 cm³/mol. The summed E-state index contributed by atoms with van der Waals surface area (Å²) in [4.78, 5) is 0.121. The molecule has 0 aromatic heterocycles. The Morgan fingerprint density at radius 3 is 1.06 bits per heavy atom. The molecule has 6 nitrogen and oxygen atoms in total. The maximum Gasteiger partial charge on any atom is 0.242 e. The minimum atomic E-state index is -3.53. The topological polar surface area (TPSA) is 74.8 Å². The van der Waals surface area contributed by atoms with E-state index in [9.17, 15) is 16.8 Å². The molecule has 1 rings (SSSR count). The van der Waals surface area contributed by atoms with Gasteiger partial charge in [0.2, 0.25) is 20.0 Å². The van der Waals surface area contributed by atoms with Crippen LogP contribution in [0.5, 0.6) is 0 Å². The highest BCUT2D eigenvalue weighted by Crippen LogP contribution is 2.18. The molecule has 0 aliphatic heterocycles. The molecule has 0 atom stereocenters. The number of sulfonamides is 2. The van der Waals surface area contributed by atoms with Crippen molar-refractivity contribution in [3.63, 3.8) is 0 Å². The number of benzene rings is 1. The second-order valence-electron chi connectivity index (χ2n) is 4.05. The smallest absolute Gasteiger partial charge is 0.207 e. The van der Waals surface area contributed by atoms with Crippen LogP contribution in [0.25, 0.3) is 0 Å². The molecule has 8 heteroatoms. The quantitative estimate of drug-likeness (QED) is 0.794. The lowest BCUT2D eigenvalue weighted by Crippen LogP contribution is -2.23. The third-order valence-corrected chi connectivity index (χ3v) is 6.04. The molecule has 1 aromatic rings. The predicted octanol–water partition coefficient (Wildman–Crippen LogP) is 0.187. The molecule has 0 aliphatic carbocycles. The first-order valence-electron chi connectivity index (χ1n) is 5.05. The van der Waals surface area contributed by atoms with Crippen molar-refractivity contribution < 1.29 is 16.8 Å². The normalized spacial score (nSPS) is 13.2. The molecule has 1 aromatic carbocycles. The summed E-state index contributed by atoms with van der Waals surface area (Å²) in [6, 6.07) is 5.13. The van der Waals surface area contributed by atoms with Gasteiger partial charge in [-0.1, -0.05) is 0 Å². The van der Waals surface area contributed by atoms with Gasteiger partial charge >= 0.3 is 0 Å². The number of hydrogen-bond acceptors (Lipinski definition) is 4. The van der Waals surface area contributed by atoms with Gasteiger partial charge in [0.15, 0.2) is 0 Å². The molecule has 0 bridgehead atoms. The summed E-state index contributed by atoms with van der Waals surface area (Å²) >= 11 is 0. The largest absolute Gasteiger partial charge is 0.242 e. The first-order valence-corrected chi connectivity index (χ1v) is 7.93. The molecule has 0 saturated heterocycles. The van der Waals surface area contributed by atoms with Crippen LogP contribution in [0.4, 0.5) is 0 Å². The van der Waals surface area contributed by atoms with Crippen LogP contribution in [0.2, 0.25) is 0 Å². The van der Waals surface area contributed by atoms with Gasteiger partial charge in [-0.2, -0.15) is 0 Å². The molecule has 0 unspecified atom stereocenters. The van der Waals surface area contributed by atoms with Gasteiger partial charge in [-0.05, 0) is 24.3 Å². The van der Waals surface area contributed by atoms with Gasteiger partial charge in [0.1, 0.15) is 0 Å². The van der Waals surface area contributed by atoms with Crippen LogP contribution in [0, 0.1) is 0 Å². The van der Waals surface area contributed by atoms with Gasteiger partial charge in [-0.15, -0.1) is 0 Å². The molecule has 0 radical (unpaired) electrons. The number of nitrogens with zero attached hydrogens (tertiary/aromatic N) is 2. The van der Waals surface area contributed by atoms with Crippen LogP contribution >= 0.6 is 0 Å². The second-order valence-corrected chi connectivity index (χ2v) is 8.35. The van der Waals surface area contributed by atoms with Crippen molar-refractivity contribution in [2.75, 3.05) is 28.2 Å². The first kappa shape index (κ1) is 15.1. The molecular weight excluding hydrogens is 276 g/mol. The Hall–Kier alpha value is -0.960. The maximum absolute atomic E-state index is 11.8. The Kier molecular flexibility index (Phi) is 4.16. The standard InChI is InChI=1S/C10H16N2O4S2/c1-11(2)17(13,14)9-5-7-10(8-6-9)18(15,16)12(3)4/h5-8H,1-4H3. The molecule has 18 heavy (non-hydrogen) atoms. The second kappa shape index (κ2) is 4.96. The van der Waals surface area contributed by atoms with E-state index < -0.39 is 20.0 Å². The van der Waals surface area contributed by atoms with Crippen molar-refractivity contribution in [2.45, 2.75) is 9.79 Å². The Morgan fingerprint density at radius 2 is 0.889 bits per heavy atom. The lowest BCUT2D eigenvalue weighted by molar-refractivity contribution is 0.517. The molecule has 0 amide bonds. The summed E-state index contributed by atoms with van der Waals surface area (Å²) in [7, 11) is -1.40. The van der Waals surface area contributed by atoms with E-state index in [1.165, 1.54) is 52.5 Å². The average molecular weight is 292 g/mol. The lowest BCUT2D eigenvalue weighted by Gasteiger charge is -2.13. The fourth-order valence-electron chi connectivity index (χ4n) is 1.21. The van der Waals surface area contributed by atoms with Gasteiger partial charge in [0.25, 0.3) is 0 Å². The van der Waals surface area contributed by atoms with E-state index in [1.54, 1.807) is 0 Å². The molecule has 0 heterocycles. The van der Waals surface area contributed by atoms with Crippen LogP contribution in [-0.4, -0.2) is 53.6 Å². The molecule has 0 aliphatic rings. The average Bonchev–Trinajstić information content (AvgIpc) is 2.28.